The van der Waals surface area contributed by atoms with Crippen LogP contribution in [0.2, 0.25) is 0 Å². The minimum absolute atomic E-state index is 0.581. The predicted octanol–water partition coefficient (Wildman–Crippen LogP) is 1.78. The first-order valence-corrected chi connectivity index (χ1v) is 6.74. The molecule has 2 atom stereocenters. The van der Waals surface area contributed by atoms with E-state index in [1.54, 1.807) is 0 Å². The highest BCUT2D eigenvalue weighted by molar-refractivity contribution is 5.39. The highest BCUT2D eigenvalue weighted by Crippen LogP contribution is 2.20. The normalized spacial score (nSPS) is 25.2. The van der Waals surface area contributed by atoms with Crippen LogP contribution in [0.1, 0.15) is 33.1 Å². The maximum absolute atomic E-state index is 4.54. The number of anilines is 1. The summed E-state index contributed by atoms with van der Waals surface area (Å²) in [6.07, 6.45) is 5.69. The first kappa shape index (κ1) is 12.4. The Morgan fingerprint density at radius 1 is 1.47 bits per heavy atom. The Morgan fingerprint density at radius 3 is 2.88 bits per heavy atom. The summed E-state index contributed by atoms with van der Waals surface area (Å²) < 4.78 is 1.89. The molecule has 0 aliphatic carbocycles. The molecule has 0 amide bonds. The standard InChI is InChI=1S/C13H24N4/c1-4-6-11-10-17(12(5-2)9-14-11)13-7-8-16(3)15-13/h7-8,11-12,14H,4-6,9-10H2,1-3H3. The highest BCUT2D eigenvalue weighted by Gasteiger charge is 2.27. The zero-order chi connectivity index (χ0) is 12.3. The van der Waals surface area contributed by atoms with E-state index in [2.05, 4.69) is 35.2 Å². The van der Waals surface area contributed by atoms with Gasteiger partial charge < -0.3 is 10.2 Å². The van der Waals surface area contributed by atoms with E-state index in [9.17, 15) is 0 Å². The predicted molar refractivity (Wildman–Crippen MR) is 71.3 cm³/mol. The minimum atomic E-state index is 0.581. The number of rotatable bonds is 4. The van der Waals surface area contributed by atoms with Gasteiger partial charge in [-0.15, -0.1) is 0 Å². The van der Waals surface area contributed by atoms with Crippen molar-refractivity contribution in [3.63, 3.8) is 0 Å². The van der Waals surface area contributed by atoms with Crippen molar-refractivity contribution in [3.8, 4) is 0 Å². The van der Waals surface area contributed by atoms with Gasteiger partial charge in [-0.25, -0.2) is 0 Å². The molecular formula is C13H24N4. The fourth-order valence-corrected chi connectivity index (χ4v) is 2.61. The lowest BCUT2D eigenvalue weighted by Crippen LogP contribution is -2.56. The van der Waals surface area contributed by atoms with Crippen molar-refractivity contribution in [2.75, 3.05) is 18.0 Å². The lowest BCUT2D eigenvalue weighted by atomic mass is 10.0. The van der Waals surface area contributed by atoms with Gasteiger partial charge in [0.15, 0.2) is 5.82 Å². The first-order chi connectivity index (χ1) is 8.24. The summed E-state index contributed by atoms with van der Waals surface area (Å²) in [6.45, 7) is 6.67. The molecule has 1 saturated heterocycles. The summed E-state index contributed by atoms with van der Waals surface area (Å²) in [4.78, 5) is 2.47. The zero-order valence-electron chi connectivity index (χ0n) is 11.2. The average Bonchev–Trinajstić information content (AvgIpc) is 2.76. The van der Waals surface area contributed by atoms with Crippen LogP contribution in [-0.4, -0.2) is 35.0 Å². The lowest BCUT2D eigenvalue weighted by Gasteiger charge is -2.40. The maximum Gasteiger partial charge on any atom is 0.150 e. The van der Waals surface area contributed by atoms with Gasteiger partial charge in [0.2, 0.25) is 0 Å². The molecule has 4 heteroatoms. The van der Waals surface area contributed by atoms with Crippen molar-refractivity contribution in [3.05, 3.63) is 12.3 Å². The van der Waals surface area contributed by atoms with E-state index in [0.29, 0.717) is 12.1 Å². The Balaban J connectivity index is 2.09. The van der Waals surface area contributed by atoms with Gasteiger partial charge in [0, 0.05) is 44.5 Å². The molecule has 1 N–H and O–H groups in total. The van der Waals surface area contributed by atoms with Crippen molar-refractivity contribution in [2.24, 2.45) is 7.05 Å². The summed E-state index contributed by atoms with van der Waals surface area (Å²) in [5.74, 6) is 1.13. The van der Waals surface area contributed by atoms with Crippen LogP contribution < -0.4 is 10.2 Å². The number of hydrogen-bond acceptors (Lipinski definition) is 3. The van der Waals surface area contributed by atoms with E-state index >= 15 is 0 Å². The SMILES string of the molecule is CCCC1CN(c2ccn(C)n2)C(CC)CN1. The minimum Gasteiger partial charge on any atom is -0.349 e. The molecule has 2 rings (SSSR count). The summed E-state index contributed by atoms with van der Waals surface area (Å²) in [6, 6.07) is 3.32. The van der Waals surface area contributed by atoms with E-state index in [1.807, 2.05) is 17.9 Å². The number of aromatic nitrogens is 2. The van der Waals surface area contributed by atoms with E-state index in [1.165, 1.54) is 19.3 Å². The summed E-state index contributed by atoms with van der Waals surface area (Å²) in [5, 5.41) is 8.19. The maximum atomic E-state index is 4.54. The second-order valence-electron chi connectivity index (χ2n) is 4.96. The first-order valence-electron chi connectivity index (χ1n) is 6.74. The molecule has 0 radical (unpaired) electrons. The van der Waals surface area contributed by atoms with Gasteiger partial charge in [-0.05, 0) is 12.8 Å². The molecule has 0 saturated carbocycles. The molecule has 0 aromatic carbocycles. The van der Waals surface area contributed by atoms with Crippen LogP contribution in [0.5, 0.6) is 0 Å². The molecular weight excluding hydrogens is 212 g/mol. The lowest BCUT2D eigenvalue weighted by molar-refractivity contribution is 0.366. The van der Waals surface area contributed by atoms with Crippen molar-refractivity contribution < 1.29 is 0 Å². The fraction of sp³-hybridized carbons (Fsp3) is 0.769. The Kier molecular flexibility index (Phi) is 4.05. The summed E-state index contributed by atoms with van der Waals surface area (Å²) >= 11 is 0. The molecule has 1 aliphatic heterocycles. The van der Waals surface area contributed by atoms with Crippen LogP contribution in [0, 0.1) is 0 Å². The second-order valence-corrected chi connectivity index (χ2v) is 4.96. The highest BCUT2D eigenvalue weighted by atomic mass is 15.4. The van der Waals surface area contributed by atoms with Gasteiger partial charge in [0.05, 0.1) is 0 Å². The van der Waals surface area contributed by atoms with E-state index in [-0.39, 0.29) is 0 Å². The number of hydrogen-bond donors (Lipinski definition) is 1. The van der Waals surface area contributed by atoms with Crippen LogP contribution in [0.15, 0.2) is 12.3 Å². The third kappa shape index (κ3) is 2.80. The van der Waals surface area contributed by atoms with Gasteiger partial charge in [-0.3, -0.25) is 4.68 Å². The van der Waals surface area contributed by atoms with Crippen molar-refractivity contribution in [2.45, 2.75) is 45.2 Å². The Morgan fingerprint density at radius 2 is 2.29 bits per heavy atom. The topological polar surface area (TPSA) is 33.1 Å². The molecule has 2 unspecified atom stereocenters. The van der Waals surface area contributed by atoms with E-state index in [0.717, 1.165) is 18.9 Å². The average molecular weight is 236 g/mol. The van der Waals surface area contributed by atoms with E-state index < -0.39 is 0 Å². The molecule has 1 aromatic rings. The van der Waals surface area contributed by atoms with Gasteiger partial charge in [0.25, 0.3) is 0 Å². The Bertz CT molecular complexity index is 347. The van der Waals surface area contributed by atoms with Crippen LogP contribution in [0.25, 0.3) is 0 Å². The van der Waals surface area contributed by atoms with Gasteiger partial charge in [0.1, 0.15) is 0 Å². The smallest absolute Gasteiger partial charge is 0.150 e. The van der Waals surface area contributed by atoms with E-state index in [4.69, 9.17) is 0 Å². The number of piperazine rings is 1. The molecule has 4 nitrogen and oxygen atoms in total. The molecule has 1 aliphatic rings. The number of nitrogens with one attached hydrogen (secondary N) is 1. The molecule has 2 heterocycles. The molecule has 0 spiro atoms. The van der Waals surface area contributed by atoms with Crippen LogP contribution in [0.3, 0.4) is 0 Å². The third-order valence-electron chi connectivity index (χ3n) is 3.60. The van der Waals surface area contributed by atoms with Gasteiger partial charge >= 0.3 is 0 Å². The second kappa shape index (κ2) is 5.54. The summed E-state index contributed by atoms with van der Waals surface area (Å²) in [5.41, 5.74) is 0. The van der Waals surface area contributed by atoms with Crippen molar-refractivity contribution >= 4 is 5.82 Å². The molecule has 1 aromatic heterocycles. The Hall–Kier alpha value is -1.03. The zero-order valence-corrected chi connectivity index (χ0v) is 11.2. The number of nitrogens with zero attached hydrogens (tertiary/aromatic N) is 3. The largest absolute Gasteiger partial charge is 0.349 e. The van der Waals surface area contributed by atoms with Gasteiger partial charge in [-0.1, -0.05) is 20.3 Å². The Labute approximate surface area is 104 Å². The molecule has 1 fully saturated rings. The number of aryl methyl sites for hydroxylation is 1. The van der Waals surface area contributed by atoms with Crippen molar-refractivity contribution in [1.29, 1.82) is 0 Å². The molecule has 0 bridgehead atoms. The monoisotopic (exact) mass is 236 g/mol. The van der Waals surface area contributed by atoms with Crippen LogP contribution >= 0.6 is 0 Å². The molecule has 17 heavy (non-hydrogen) atoms. The third-order valence-corrected chi connectivity index (χ3v) is 3.60. The fourth-order valence-electron chi connectivity index (χ4n) is 2.61. The van der Waals surface area contributed by atoms with Gasteiger partial charge in [-0.2, -0.15) is 5.10 Å². The quantitative estimate of drug-likeness (QED) is 0.865. The van der Waals surface area contributed by atoms with Crippen LogP contribution in [-0.2, 0) is 7.05 Å². The molecule has 96 valence electrons. The summed E-state index contributed by atoms with van der Waals surface area (Å²) in [7, 11) is 1.98. The van der Waals surface area contributed by atoms with Crippen molar-refractivity contribution in [1.82, 2.24) is 15.1 Å². The van der Waals surface area contributed by atoms with Crippen LogP contribution in [0.4, 0.5) is 5.82 Å².